The van der Waals surface area contributed by atoms with Crippen molar-refractivity contribution >= 4 is 17.3 Å². The molecule has 0 aromatic heterocycles. The Kier molecular flexibility index (Phi) is 2.55. The molecule has 0 saturated heterocycles. The molecule has 0 bridgehead atoms. The van der Waals surface area contributed by atoms with E-state index in [2.05, 4.69) is 0 Å². The van der Waals surface area contributed by atoms with Gasteiger partial charge in [-0.05, 0) is 18.6 Å². The summed E-state index contributed by atoms with van der Waals surface area (Å²) in [5.74, 6) is -0.591. The largest absolute Gasteiger partial charge is 0.396 e. The normalized spacial score (nSPS) is 13.0. The van der Waals surface area contributed by atoms with Crippen LogP contribution in [-0.2, 0) is 0 Å². The monoisotopic (exact) mass is 188 g/mol. The van der Waals surface area contributed by atoms with Gasteiger partial charge < -0.3 is 11.5 Å². The second-order valence-electron chi connectivity index (χ2n) is 2.66. The number of nitrogens with two attached hydrogens (primary N) is 2. The molecule has 2 nitrogen and oxygen atoms in total. The van der Waals surface area contributed by atoms with Crippen LogP contribution in [0.2, 0.25) is 5.02 Å². The summed E-state index contributed by atoms with van der Waals surface area (Å²) in [6, 6.07) is 2.80. The zero-order valence-corrected chi connectivity index (χ0v) is 7.40. The van der Waals surface area contributed by atoms with E-state index in [0.29, 0.717) is 5.56 Å². The third kappa shape index (κ3) is 1.52. The van der Waals surface area contributed by atoms with Crippen molar-refractivity contribution in [1.82, 2.24) is 0 Å². The third-order valence-corrected chi connectivity index (χ3v) is 2.02. The number of benzene rings is 1. The van der Waals surface area contributed by atoms with Crippen molar-refractivity contribution in [2.24, 2.45) is 5.73 Å². The van der Waals surface area contributed by atoms with Gasteiger partial charge >= 0.3 is 0 Å². The molecule has 1 atom stereocenters. The molecule has 0 aliphatic rings. The van der Waals surface area contributed by atoms with Gasteiger partial charge in [0.05, 0.1) is 10.7 Å². The Labute approximate surface area is 75.3 Å². The van der Waals surface area contributed by atoms with Crippen molar-refractivity contribution < 1.29 is 4.39 Å². The molecule has 12 heavy (non-hydrogen) atoms. The summed E-state index contributed by atoms with van der Waals surface area (Å²) in [4.78, 5) is 0. The lowest BCUT2D eigenvalue weighted by Gasteiger charge is -2.09. The second-order valence-corrected chi connectivity index (χ2v) is 3.04. The van der Waals surface area contributed by atoms with E-state index in [9.17, 15) is 4.39 Å². The first-order chi connectivity index (χ1) is 5.54. The lowest BCUT2D eigenvalue weighted by atomic mass is 10.1. The highest BCUT2D eigenvalue weighted by atomic mass is 35.5. The van der Waals surface area contributed by atoms with Crippen LogP contribution in [0.4, 0.5) is 10.1 Å². The summed E-state index contributed by atoms with van der Waals surface area (Å²) in [5, 5.41) is 0.0185. The Morgan fingerprint density at radius 3 is 2.58 bits per heavy atom. The lowest BCUT2D eigenvalue weighted by Crippen LogP contribution is -2.07. The Morgan fingerprint density at radius 1 is 1.50 bits per heavy atom. The highest BCUT2D eigenvalue weighted by Crippen LogP contribution is 2.27. The summed E-state index contributed by atoms with van der Waals surface area (Å²) < 4.78 is 13.0. The molecule has 0 radical (unpaired) electrons. The Bertz CT molecular complexity index is 299. The van der Waals surface area contributed by atoms with Crippen molar-refractivity contribution in [1.29, 1.82) is 0 Å². The van der Waals surface area contributed by atoms with Gasteiger partial charge in [0.15, 0.2) is 5.82 Å². The van der Waals surface area contributed by atoms with Crippen molar-refractivity contribution in [3.05, 3.63) is 28.5 Å². The number of hydrogen-bond donors (Lipinski definition) is 2. The third-order valence-electron chi connectivity index (χ3n) is 1.63. The van der Waals surface area contributed by atoms with Crippen molar-refractivity contribution in [2.45, 2.75) is 13.0 Å². The summed E-state index contributed by atoms with van der Waals surface area (Å²) in [6.45, 7) is 1.73. The van der Waals surface area contributed by atoms with Crippen molar-refractivity contribution in [3.8, 4) is 0 Å². The maximum absolute atomic E-state index is 13.0. The Balaban J connectivity index is 3.27. The van der Waals surface area contributed by atoms with Crippen molar-refractivity contribution in [2.75, 3.05) is 5.73 Å². The van der Waals surface area contributed by atoms with E-state index in [0.717, 1.165) is 0 Å². The first-order valence-corrected chi connectivity index (χ1v) is 3.90. The quantitative estimate of drug-likeness (QED) is 0.663. The average Bonchev–Trinajstić information content (AvgIpc) is 2.00. The zero-order chi connectivity index (χ0) is 9.30. The molecule has 4 heteroatoms. The summed E-state index contributed by atoms with van der Waals surface area (Å²) >= 11 is 5.66. The maximum Gasteiger partial charge on any atom is 0.164 e. The zero-order valence-electron chi connectivity index (χ0n) is 6.64. The van der Waals surface area contributed by atoms with E-state index in [1.807, 2.05) is 0 Å². The topological polar surface area (TPSA) is 52.0 Å². The fourth-order valence-corrected chi connectivity index (χ4v) is 1.28. The highest BCUT2D eigenvalue weighted by molar-refractivity contribution is 6.31. The number of rotatable bonds is 1. The summed E-state index contributed by atoms with van der Waals surface area (Å²) in [6.07, 6.45) is 0. The number of nitrogen functional groups attached to an aromatic ring is 1. The molecule has 0 aliphatic carbocycles. The van der Waals surface area contributed by atoms with Gasteiger partial charge in [0, 0.05) is 6.04 Å². The van der Waals surface area contributed by atoms with Gasteiger partial charge in [0.1, 0.15) is 0 Å². The predicted molar refractivity (Wildman–Crippen MR) is 48.4 cm³/mol. The van der Waals surface area contributed by atoms with E-state index < -0.39 is 5.82 Å². The Hall–Kier alpha value is -0.800. The molecule has 0 heterocycles. The first-order valence-electron chi connectivity index (χ1n) is 3.53. The maximum atomic E-state index is 13.0. The minimum absolute atomic E-state index is 0.0185. The Morgan fingerprint density at radius 2 is 2.08 bits per heavy atom. The second kappa shape index (κ2) is 3.29. The molecular formula is C8H10ClFN2. The molecule has 66 valence electrons. The van der Waals surface area contributed by atoms with Crippen LogP contribution in [0.1, 0.15) is 18.5 Å². The van der Waals surface area contributed by atoms with Gasteiger partial charge in [-0.1, -0.05) is 17.7 Å². The number of halogens is 2. The standard InChI is InChI=1S/C8H10ClFN2/c1-4(11)5-2-3-6(12)8(10)7(5)9/h2-4H,11-12H2,1H3/t4-/m0/s1. The van der Waals surface area contributed by atoms with Crippen LogP contribution in [0, 0.1) is 5.82 Å². The molecule has 0 aliphatic heterocycles. The van der Waals surface area contributed by atoms with Crippen LogP contribution in [0.25, 0.3) is 0 Å². The number of hydrogen-bond acceptors (Lipinski definition) is 2. The summed E-state index contributed by atoms with van der Waals surface area (Å²) in [7, 11) is 0. The van der Waals surface area contributed by atoms with Crippen molar-refractivity contribution in [3.63, 3.8) is 0 Å². The van der Waals surface area contributed by atoms with Crippen LogP contribution in [0.5, 0.6) is 0 Å². The molecular weight excluding hydrogens is 179 g/mol. The molecule has 0 saturated carbocycles. The van der Waals surface area contributed by atoms with Crippen LogP contribution >= 0.6 is 11.6 Å². The van der Waals surface area contributed by atoms with E-state index in [4.69, 9.17) is 23.1 Å². The van der Waals surface area contributed by atoms with Gasteiger partial charge in [-0.15, -0.1) is 0 Å². The SMILES string of the molecule is C[C@H](N)c1ccc(N)c(F)c1Cl. The van der Waals surface area contributed by atoms with Crippen LogP contribution in [-0.4, -0.2) is 0 Å². The molecule has 0 spiro atoms. The smallest absolute Gasteiger partial charge is 0.164 e. The fraction of sp³-hybridized carbons (Fsp3) is 0.250. The van der Waals surface area contributed by atoms with E-state index in [1.54, 1.807) is 13.0 Å². The highest BCUT2D eigenvalue weighted by Gasteiger charge is 2.11. The van der Waals surface area contributed by atoms with Crippen LogP contribution in [0.3, 0.4) is 0 Å². The van der Waals surface area contributed by atoms with Gasteiger partial charge in [-0.25, -0.2) is 4.39 Å². The minimum atomic E-state index is -0.591. The van der Waals surface area contributed by atoms with E-state index in [-0.39, 0.29) is 16.8 Å². The summed E-state index contributed by atoms with van der Waals surface area (Å²) in [5.41, 5.74) is 11.4. The first kappa shape index (κ1) is 9.29. The molecule has 0 unspecified atom stereocenters. The fourth-order valence-electron chi connectivity index (χ4n) is 0.931. The lowest BCUT2D eigenvalue weighted by molar-refractivity contribution is 0.627. The molecule has 0 amide bonds. The molecule has 1 aromatic rings. The van der Waals surface area contributed by atoms with Gasteiger partial charge in [-0.3, -0.25) is 0 Å². The van der Waals surface area contributed by atoms with Crippen LogP contribution in [0.15, 0.2) is 12.1 Å². The molecule has 1 rings (SSSR count). The van der Waals surface area contributed by atoms with Crippen LogP contribution < -0.4 is 11.5 Å². The van der Waals surface area contributed by atoms with E-state index >= 15 is 0 Å². The van der Waals surface area contributed by atoms with Gasteiger partial charge in [-0.2, -0.15) is 0 Å². The molecule has 0 fully saturated rings. The average molecular weight is 189 g/mol. The molecule has 4 N–H and O–H groups in total. The number of anilines is 1. The van der Waals surface area contributed by atoms with Gasteiger partial charge in [0.25, 0.3) is 0 Å². The minimum Gasteiger partial charge on any atom is -0.396 e. The van der Waals surface area contributed by atoms with E-state index in [1.165, 1.54) is 6.07 Å². The van der Waals surface area contributed by atoms with Gasteiger partial charge in [0.2, 0.25) is 0 Å². The molecule has 1 aromatic carbocycles. The predicted octanol–water partition coefficient (Wildman–Crippen LogP) is 2.08.